The van der Waals surface area contributed by atoms with Gasteiger partial charge in [-0.25, -0.2) is 9.18 Å². The van der Waals surface area contributed by atoms with Crippen molar-refractivity contribution >= 4 is 5.97 Å². The molecule has 0 saturated carbocycles. The van der Waals surface area contributed by atoms with Gasteiger partial charge in [0.15, 0.2) is 5.69 Å². The quantitative estimate of drug-likeness (QED) is 0.796. The van der Waals surface area contributed by atoms with E-state index in [0.717, 1.165) is 0 Å². The van der Waals surface area contributed by atoms with E-state index in [1.807, 2.05) is 0 Å². The van der Waals surface area contributed by atoms with Crippen LogP contribution in [0, 0.1) is 5.82 Å². The van der Waals surface area contributed by atoms with Gasteiger partial charge in [-0.15, -0.1) is 0 Å². The van der Waals surface area contributed by atoms with E-state index in [-0.39, 0.29) is 5.69 Å². The lowest BCUT2D eigenvalue weighted by molar-refractivity contribution is 0.0593. The smallest absolute Gasteiger partial charge is 0.358 e. The normalized spacial score (nSPS) is 10.3. The molecule has 100 valence electrons. The van der Waals surface area contributed by atoms with Crippen LogP contribution in [0.2, 0.25) is 0 Å². The van der Waals surface area contributed by atoms with Gasteiger partial charge in [0.1, 0.15) is 11.6 Å². The number of hydrogen-bond donors (Lipinski definition) is 0. The summed E-state index contributed by atoms with van der Waals surface area (Å²) in [6.07, 6.45) is 0. The Hall–Kier alpha value is -2.37. The molecule has 5 nitrogen and oxygen atoms in total. The monoisotopic (exact) mass is 264 g/mol. The van der Waals surface area contributed by atoms with Gasteiger partial charge >= 0.3 is 5.97 Å². The highest BCUT2D eigenvalue weighted by Crippen LogP contribution is 2.26. The molecule has 1 aromatic heterocycles. The van der Waals surface area contributed by atoms with Gasteiger partial charge in [-0.3, -0.25) is 4.68 Å². The van der Waals surface area contributed by atoms with Crippen LogP contribution >= 0.6 is 0 Å². The van der Waals surface area contributed by atoms with Crippen LogP contribution in [0.1, 0.15) is 10.5 Å². The molecule has 0 aliphatic carbocycles. The Labute approximate surface area is 109 Å². The number of aryl methyl sites for hydroxylation is 1. The zero-order valence-electron chi connectivity index (χ0n) is 10.8. The molecular weight excluding hydrogens is 251 g/mol. The van der Waals surface area contributed by atoms with E-state index < -0.39 is 11.8 Å². The van der Waals surface area contributed by atoms with Crippen molar-refractivity contribution in [2.24, 2.45) is 7.05 Å². The van der Waals surface area contributed by atoms with Crippen molar-refractivity contribution in [2.75, 3.05) is 14.2 Å². The number of hydrogen-bond acceptors (Lipinski definition) is 4. The van der Waals surface area contributed by atoms with Crippen molar-refractivity contribution in [3.8, 4) is 17.0 Å². The Morgan fingerprint density at radius 2 is 2.05 bits per heavy atom. The van der Waals surface area contributed by atoms with E-state index in [0.29, 0.717) is 17.0 Å². The van der Waals surface area contributed by atoms with Crippen LogP contribution in [0.3, 0.4) is 0 Å². The third-order valence-corrected chi connectivity index (χ3v) is 2.73. The van der Waals surface area contributed by atoms with Gasteiger partial charge in [0.2, 0.25) is 0 Å². The van der Waals surface area contributed by atoms with Crippen LogP contribution in [-0.4, -0.2) is 30.0 Å². The summed E-state index contributed by atoms with van der Waals surface area (Å²) >= 11 is 0. The maximum Gasteiger partial charge on any atom is 0.358 e. The molecule has 0 atom stereocenters. The van der Waals surface area contributed by atoms with E-state index in [2.05, 4.69) is 9.84 Å². The van der Waals surface area contributed by atoms with Gasteiger partial charge < -0.3 is 9.47 Å². The van der Waals surface area contributed by atoms with E-state index in [1.165, 1.54) is 31.0 Å². The molecule has 0 fully saturated rings. The molecule has 0 amide bonds. The molecule has 0 radical (unpaired) electrons. The van der Waals surface area contributed by atoms with E-state index in [1.54, 1.807) is 19.2 Å². The molecule has 0 saturated heterocycles. The molecule has 1 heterocycles. The molecular formula is C13H13FN2O3. The van der Waals surface area contributed by atoms with Crippen molar-refractivity contribution < 1.29 is 18.7 Å². The lowest BCUT2D eigenvalue weighted by Crippen LogP contribution is -2.03. The summed E-state index contributed by atoms with van der Waals surface area (Å²) in [5, 5.41) is 3.99. The summed E-state index contributed by atoms with van der Waals surface area (Å²) in [7, 11) is 4.37. The molecule has 0 aliphatic rings. The van der Waals surface area contributed by atoms with E-state index in [9.17, 15) is 9.18 Å². The third kappa shape index (κ3) is 2.42. The first kappa shape index (κ1) is 13.1. The number of nitrogens with zero attached hydrogens (tertiary/aromatic N) is 2. The number of halogens is 1. The largest absolute Gasteiger partial charge is 0.497 e. The fourth-order valence-corrected chi connectivity index (χ4v) is 1.75. The summed E-state index contributed by atoms with van der Waals surface area (Å²) in [5.41, 5.74) is 0.960. The second-order valence-electron chi connectivity index (χ2n) is 3.88. The lowest BCUT2D eigenvalue weighted by atomic mass is 10.1. The SMILES string of the molecule is COC(=O)c1cc(-c2ccc(OC)cc2F)n(C)n1. The van der Waals surface area contributed by atoms with Crippen LogP contribution in [0.5, 0.6) is 5.75 Å². The average Bonchev–Trinajstić information content (AvgIpc) is 2.79. The van der Waals surface area contributed by atoms with Crippen molar-refractivity contribution in [1.29, 1.82) is 0 Å². The molecule has 2 rings (SSSR count). The van der Waals surface area contributed by atoms with Crippen molar-refractivity contribution in [3.63, 3.8) is 0 Å². The predicted octanol–water partition coefficient (Wildman–Crippen LogP) is 2.02. The molecule has 0 unspecified atom stereocenters. The average molecular weight is 264 g/mol. The zero-order valence-corrected chi connectivity index (χ0v) is 10.8. The van der Waals surface area contributed by atoms with Crippen LogP contribution in [0.15, 0.2) is 24.3 Å². The highest BCUT2D eigenvalue weighted by Gasteiger charge is 2.16. The van der Waals surface area contributed by atoms with Gasteiger partial charge in [-0.2, -0.15) is 5.10 Å². The first-order chi connectivity index (χ1) is 9.06. The minimum Gasteiger partial charge on any atom is -0.497 e. The molecule has 19 heavy (non-hydrogen) atoms. The Bertz CT molecular complexity index is 622. The number of rotatable bonds is 3. The number of aromatic nitrogens is 2. The standard InChI is InChI=1S/C13H13FN2O3/c1-16-12(7-11(15-16)13(17)19-3)9-5-4-8(18-2)6-10(9)14/h4-7H,1-3H3. The maximum absolute atomic E-state index is 14.0. The van der Waals surface area contributed by atoms with Gasteiger partial charge in [0, 0.05) is 18.7 Å². The summed E-state index contributed by atoms with van der Waals surface area (Å²) in [6, 6.07) is 5.98. The van der Waals surface area contributed by atoms with Crippen molar-refractivity contribution in [1.82, 2.24) is 9.78 Å². The molecule has 2 aromatic rings. The van der Waals surface area contributed by atoms with Crippen LogP contribution in [-0.2, 0) is 11.8 Å². The predicted molar refractivity (Wildman–Crippen MR) is 66.5 cm³/mol. The minimum absolute atomic E-state index is 0.134. The number of carbonyl (C=O) groups excluding carboxylic acids is 1. The summed E-state index contributed by atoms with van der Waals surface area (Å²) in [4.78, 5) is 11.4. The maximum atomic E-state index is 14.0. The second kappa shape index (κ2) is 5.09. The highest BCUT2D eigenvalue weighted by atomic mass is 19.1. The molecule has 1 aromatic carbocycles. The number of esters is 1. The van der Waals surface area contributed by atoms with Gasteiger partial charge in [0.25, 0.3) is 0 Å². The first-order valence-corrected chi connectivity index (χ1v) is 5.53. The molecule has 0 bridgehead atoms. The van der Waals surface area contributed by atoms with E-state index >= 15 is 0 Å². The Kier molecular flexibility index (Phi) is 3.50. The van der Waals surface area contributed by atoms with Gasteiger partial charge in [-0.1, -0.05) is 0 Å². The van der Waals surface area contributed by atoms with Gasteiger partial charge in [-0.05, 0) is 18.2 Å². The first-order valence-electron chi connectivity index (χ1n) is 5.53. The highest BCUT2D eigenvalue weighted by molar-refractivity contribution is 5.88. The van der Waals surface area contributed by atoms with Crippen LogP contribution < -0.4 is 4.74 Å². The van der Waals surface area contributed by atoms with Crippen LogP contribution in [0.4, 0.5) is 4.39 Å². The Morgan fingerprint density at radius 3 is 2.63 bits per heavy atom. The zero-order chi connectivity index (χ0) is 14.0. The van der Waals surface area contributed by atoms with Crippen molar-refractivity contribution in [3.05, 3.63) is 35.8 Å². The summed E-state index contributed by atoms with van der Waals surface area (Å²) in [5.74, 6) is -0.578. The minimum atomic E-state index is -0.559. The Morgan fingerprint density at radius 1 is 1.32 bits per heavy atom. The molecule has 0 N–H and O–H groups in total. The third-order valence-electron chi connectivity index (χ3n) is 2.73. The van der Waals surface area contributed by atoms with Gasteiger partial charge in [0.05, 0.1) is 19.9 Å². The van der Waals surface area contributed by atoms with Crippen molar-refractivity contribution in [2.45, 2.75) is 0 Å². The van der Waals surface area contributed by atoms with E-state index in [4.69, 9.17) is 4.74 Å². The van der Waals surface area contributed by atoms with Crippen LogP contribution in [0.25, 0.3) is 11.3 Å². The lowest BCUT2D eigenvalue weighted by Gasteiger charge is -2.05. The Balaban J connectivity index is 2.47. The number of ether oxygens (including phenoxy) is 2. The number of benzene rings is 1. The molecule has 0 spiro atoms. The fourth-order valence-electron chi connectivity index (χ4n) is 1.75. The summed E-state index contributed by atoms with van der Waals surface area (Å²) < 4.78 is 24.9. The number of methoxy groups -OCH3 is 2. The molecule has 6 heteroatoms. The fraction of sp³-hybridized carbons (Fsp3) is 0.231. The number of carbonyl (C=O) groups is 1. The second-order valence-corrected chi connectivity index (χ2v) is 3.88. The summed E-state index contributed by atoms with van der Waals surface area (Å²) in [6.45, 7) is 0. The molecule has 0 aliphatic heterocycles. The topological polar surface area (TPSA) is 53.4 Å².